The second kappa shape index (κ2) is 16.3. The van der Waals surface area contributed by atoms with Gasteiger partial charge in [0.25, 0.3) is 5.91 Å². The lowest BCUT2D eigenvalue weighted by Crippen LogP contribution is -2.48. The van der Waals surface area contributed by atoms with E-state index in [0.29, 0.717) is 36.3 Å². The molecule has 3 amide bonds. The van der Waals surface area contributed by atoms with Crippen molar-refractivity contribution >= 4 is 35.5 Å². The zero-order valence-corrected chi connectivity index (χ0v) is 22.3. The van der Waals surface area contributed by atoms with Crippen molar-refractivity contribution in [2.45, 2.75) is 37.8 Å². The fourth-order valence-electron chi connectivity index (χ4n) is 3.52. The number of hydrogen-bond acceptors (Lipinski definition) is 7. The molecule has 0 saturated heterocycles. The van der Waals surface area contributed by atoms with E-state index in [0.717, 1.165) is 5.56 Å². The molecule has 2 atom stereocenters. The molecule has 3 N–H and O–H groups in total. The minimum absolute atomic E-state index is 0.134. The van der Waals surface area contributed by atoms with E-state index in [4.69, 9.17) is 9.47 Å². The summed E-state index contributed by atoms with van der Waals surface area (Å²) in [5.74, 6) is -0.162. The molecule has 2 aromatic rings. The molecule has 2 aromatic carbocycles. The van der Waals surface area contributed by atoms with Crippen LogP contribution in [-0.2, 0) is 25.5 Å². The maximum absolute atomic E-state index is 13.0. The minimum atomic E-state index is -0.805. The SMILES string of the molecule is COC(=O)[C@@H](CCSC)NC(=O)CCCNC(=O)[C@@H](Cc1ccccc1)NC(=O)c1ccc(OC)cc1. The highest BCUT2D eigenvalue weighted by Crippen LogP contribution is 2.12. The normalized spacial score (nSPS) is 12.1. The smallest absolute Gasteiger partial charge is 0.328 e. The average molecular weight is 530 g/mol. The standard InChI is InChI=1S/C27H35N3O6S/c1-35-21-13-11-20(12-14-21)25(32)30-23(18-19-8-5-4-6-9-19)26(33)28-16-7-10-24(31)29-22(15-17-37-3)27(34)36-2/h4-6,8-9,11-14,22-23H,7,10,15-18H2,1-3H3,(H,28,33)(H,29,31)(H,30,32)/t22-,23-/m1/s1. The first kappa shape index (κ1) is 29.7. The van der Waals surface area contributed by atoms with Gasteiger partial charge in [-0.05, 0) is 54.7 Å². The van der Waals surface area contributed by atoms with Crippen LogP contribution < -0.4 is 20.7 Å². The molecule has 0 aliphatic rings. The summed E-state index contributed by atoms with van der Waals surface area (Å²) in [6.07, 6.45) is 3.22. The van der Waals surface area contributed by atoms with E-state index >= 15 is 0 Å². The Hall–Kier alpha value is -3.53. The van der Waals surface area contributed by atoms with Crippen molar-refractivity contribution < 1.29 is 28.7 Å². The van der Waals surface area contributed by atoms with Crippen molar-refractivity contribution in [1.29, 1.82) is 0 Å². The zero-order valence-electron chi connectivity index (χ0n) is 21.5. The Balaban J connectivity index is 1.92. The highest BCUT2D eigenvalue weighted by Gasteiger charge is 2.23. The van der Waals surface area contributed by atoms with Gasteiger partial charge in [-0.1, -0.05) is 30.3 Å². The molecule has 0 heterocycles. The summed E-state index contributed by atoms with van der Waals surface area (Å²) < 4.78 is 9.88. The van der Waals surface area contributed by atoms with Crippen molar-refractivity contribution in [3.05, 3.63) is 65.7 Å². The summed E-state index contributed by atoms with van der Waals surface area (Å²) in [5, 5.41) is 8.31. The number of nitrogens with one attached hydrogen (secondary N) is 3. The van der Waals surface area contributed by atoms with Crippen LogP contribution in [0.5, 0.6) is 5.75 Å². The molecule has 9 nitrogen and oxygen atoms in total. The Morgan fingerprint density at radius 1 is 0.919 bits per heavy atom. The van der Waals surface area contributed by atoms with Crippen LogP contribution in [0.2, 0.25) is 0 Å². The van der Waals surface area contributed by atoms with Crippen molar-refractivity contribution in [3.63, 3.8) is 0 Å². The van der Waals surface area contributed by atoms with Gasteiger partial charge >= 0.3 is 5.97 Å². The Morgan fingerprint density at radius 3 is 2.24 bits per heavy atom. The van der Waals surface area contributed by atoms with Gasteiger partial charge in [0.2, 0.25) is 11.8 Å². The summed E-state index contributed by atoms with van der Waals surface area (Å²) in [5.41, 5.74) is 1.31. The van der Waals surface area contributed by atoms with Crippen molar-refractivity contribution in [3.8, 4) is 5.75 Å². The zero-order chi connectivity index (χ0) is 27.0. The first-order chi connectivity index (χ1) is 17.9. The third-order valence-electron chi connectivity index (χ3n) is 5.57. The van der Waals surface area contributed by atoms with Gasteiger partial charge in [0.15, 0.2) is 0 Å². The van der Waals surface area contributed by atoms with Gasteiger partial charge < -0.3 is 25.4 Å². The molecule has 0 aliphatic carbocycles. The minimum Gasteiger partial charge on any atom is -0.497 e. The molecule has 0 spiro atoms. The Bertz CT molecular complexity index is 1020. The molecule has 0 aliphatic heterocycles. The first-order valence-corrected chi connectivity index (χ1v) is 13.4. The predicted molar refractivity (Wildman–Crippen MR) is 144 cm³/mol. The number of amides is 3. The maximum atomic E-state index is 13.0. The summed E-state index contributed by atoms with van der Waals surface area (Å²) in [6, 6.07) is 14.5. The molecule has 0 saturated carbocycles. The number of hydrogen-bond donors (Lipinski definition) is 3. The van der Waals surface area contributed by atoms with E-state index in [9.17, 15) is 19.2 Å². The molecule has 0 fully saturated rings. The monoisotopic (exact) mass is 529 g/mol. The highest BCUT2D eigenvalue weighted by atomic mass is 32.2. The quantitative estimate of drug-likeness (QED) is 0.239. The summed E-state index contributed by atoms with van der Waals surface area (Å²) >= 11 is 1.57. The summed E-state index contributed by atoms with van der Waals surface area (Å²) in [6.45, 7) is 0.240. The van der Waals surface area contributed by atoms with E-state index in [1.165, 1.54) is 7.11 Å². The molecule has 0 aromatic heterocycles. The third kappa shape index (κ3) is 10.5. The number of carbonyl (C=O) groups is 4. The molecular formula is C27H35N3O6S. The second-order valence-corrected chi connectivity index (χ2v) is 9.25. The molecule has 37 heavy (non-hydrogen) atoms. The van der Waals surface area contributed by atoms with Crippen molar-refractivity contribution in [1.82, 2.24) is 16.0 Å². The summed E-state index contributed by atoms with van der Waals surface area (Å²) in [4.78, 5) is 50.0. The van der Waals surface area contributed by atoms with Crippen LogP contribution in [0.3, 0.4) is 0 Å². The number of methoxy groups -OCH3 is 2. The van der Waals surface area contributed by atoms with Gasteiger partial charge in [-0.25, -0.2) is 4.79 Å². The molecule has 0 bridgehead atoms. The molecule has 200 valence electrons. The van der Waals surface area contributed by atoms with Crippen LogP contribution in [-0.4, -0.2) is 68.5 Å². The number of carbonyl (C=O) groups excluding carboxylic acids is 4. The molecule has 2 rings (SSSR count). The van der Waals surface area contributed by atoms with Gasteiger partial charge in [-0.3, -0.25) is 14.4 Å². The van der Waals surface area contributed by atoms with Crippen molar-refractivity contribution in [2.24, 2.45) is 0 Å². The number of thioether (sulfide) groups is 1. The fourth-order valence-corrected chi connectivity index (χ4v) is 3.99. The number of esters is 1. The van der Waals surface area contributed by atoms with E-state index in [1.807, 2.05) is 36.6 Å². The topological polar surface area (TPSA) is 123 Å². The van der Waals surface area contributed by atoms with Crippen LogP contribution in [0, 0.1) is 0 Å². The fraction of sp³-hybridized carbons (Fsp3) is 0.407. The maximum Gasteiger partial charge on any atom is 0.328 e. The van der Waals surface area contributed by atoms with Crippen LogP contribution >= 0.6 is 11.8 Å². The lowest BCUT2D eigenvalue weighted by Gasteiger charge is -2.19. The van der Waals surface area contributed by atoms with Crippen LogP contribution in [0.1, 0.15) is 35.2 Å². The molecule has 0 radical (unpaired) electrons. The number of benzene rings is 2. The molecule has 0 unspecified atom stereocenters. The lowest BCUT2D eigenvalue weighted by molar-refractivity contribution is -0.145. The van der Waals surface area contributed by atoms with Crippen LogP contribution in [0.4, 0.5) is 0 Å². The van der Waals surface area contributed by atoms with E-state index < -0.39 is 18.1 Å². The van der Waals surface area contributed by atoms with Gasteiger partial charge in [0.1, 0.15) is 17.8 Å². The van der Waals surface area contributed by atoms with Crippen LogP contribution in [0.25, 0.3) is 0 Å². The molecular weight excluding hydrogens is 494 g/mol. The Morgan fingerprint density at radius 2 is 1.62 bits per heavy atom. The Labute approximate surface area is 222 Å². The highest BCUT2D eigenvalue weighted by molar-refractivity contribution is 7.98. The van der Waals surface area contributed by atoms with Crippen molar-refractivity contribution in [2.75, 3.05) is 32.8 Å². The first-order valence-electron chi connectivity index (χ1n) is 12.0. The number of ether oxygens (including phenoxy) is 2. The van der Waals surface area contributed by atoms with E-state index in [-0.39, 0.29) is 30.7 Å². The predicted octanol–water partition coefficient (Wildman–Crippen LogP) is 2.34. The van der Waals surface area contributed by atoms with E-state index in [2.05, 4.69) is 16.0 Å². The second-order valence-electron chi connectivity index (χ2n) is 8.26. The molecule has 10 heteroatoms. The van der Waals surface area contributed by atoms with Crippen LogP contribution in [0.15, 0.2) is 54.6 Å². The third-order valence-corrected chi connectivity index (χ3v) is 6.21. The summed E-state index contributed by atoms with van der Waals surface area (Å²) in [7, 11) is 2.83. The van der Waals surface area contributed by atoms with Gasteiger partial charge in [-0.2, -0.15) is 11.8 Å². The number of rotatable bonds is 15. The average Bonchev–Trinajstić information content (AvgIpc) is 2.92. The Kier molecular flexibility index (Phi) is 13.1. The lowest BCUT2D eigenvalue weighted by atomic mass is 10.0. The largest absolute Gasteiger partial charge is 0.497 e. The van der Waals surface area contributed by atoms with Gasteiger partial charge in [0.05, 0.1) is 14.2 Å². The van der Waals surface area contributed by atoms with E-state index in [1.54, 1.807) is 43.1 Å². The van der Waals surface area contributed by atoms with Gasteiger partial charge in [0, 0.05) is 24.9 Å². The van der Waals surface area contributed by atoms with Gasteiger partial charge in [-0.15, -0.1) is 0 Å².